The summed E-state index contributed by atoms with van der Waals surface area (Å²) in [5.74, 6) is -1.14. The van der Waals surface area contributed by atoms with Crippen molar-refractivity contribution in [2.24, 2.45) is 0 Å². The van der Waals surface area contributed by atoms with E-state index in [4.69, 9.17) is 32.5 Å². The molecule has 0 atom stereocenters. The number of rotatable bonds is 10. The van der Waals surface area contributed by atoms with E-state index in [1.54, 1.807) is 19.1 Å². The van der Waals surface area contributed by atoms with Gasteiger partial charge in [0.15, 0.2) is 12.4 Å². The van der Waals surface area contributed by atoms with E-state index < -0.39 is 16.7 Å². The molecule has 0 aliphatic rings. The Bertz CT molecular complexity index is 1180. The number of carbonyl (C=O) groups excluding carboxylic acids is 2. The fourth-order valence-corrected chi connectivity index (χ4v) is 2.79. The zero-order chi connectivity index (χ0) is 24.0. The number of carbonyl (C=O) groups is 2. The first-order chi connectivity index (χ1) is 15.7. The van der Waals surface area contributed by atoms with Gasteiger partial charge < -0.3 is 30.0 Å². The number of nitrogens with one attached hydrogen (secondary N) is 2. The highest BCUT2D eigenvalue weighted by Gasteiger charge is 2.19. The predicted octanol–water partition coefficient (Wildman–Crippen LogP) is 1.76. The standard InChI is InChI=1S/C18H17Cl2N7O6/c1-10-6-15(27(30)31)24-26(10)8-14-23-18(33-25-14)17(29)22-5-4-21-16(28)9-32-11-2-3-12(19)13(20)7-11/h2-3,6-7H,4-5,8-9H2,1H3,(H,21,28)(H,22,29). The minimum atomic E-state index is -0.641. The van der Waals surface area contributed by atoms with Crippen molar-refractivity contribution in [1.82, 2.24) is 30.6 Å². The molecule has 15 heteroatoms. The molecular weight excluding hydrogens is 481 g/mol. The molecule has 1 aromatic carbocycles. The van der Waals surface area contributed by atoms with Crippen molar-refractivity contribution < 1.29 is 23.8 Å². The number of hydrogen-bond donors (Lipinski definition) is 2. The van der Waals surface area contributed by atoms with Gasteiger partial charge in [-0.3, -0.25) is 9.59 Å². The molecule has 2 N–H and O–H groups in total. The van der Waals surface area contributed by atoms with E-state index in [0.717, 1.165) is 0 Å². The summed E-state index contributed by atoms with van der Waals surface area (Å²) in [4.78, 5) is 38.1. The van der Waals surface area contributed by atoms with Crippen LogP contribution in [0, 0.1) is 17.0 Å². The maximum absolute atomic E-state index is 12.1. The molecule has 0 spiro atoms. The lowest BCUT2D eigenvalue weighted by molar-refractivity contribution is -0.389. The number of amides is 2. The van der Waals surface area contributed by atoms with E-state index >= 15 is 0 Å². The third kappa shape index (κ3) is 6.63. The number of nitro groups is 1. The number of aromatic nitrogens is 4. The van der Waals surface area contributed by atoms with Crippen LogP contribution in [0.5, 0.6) is 5.75 Å². The van der Waals surface area contributed by atoms with Gasteiger partial charge in [-0.05, 0) is 24.0 Å². The second-order valence-electron chi connectivity index (χ2n) is 6.54. The second-order valence-corrected chi connectivity index (χ2v) is 7.36. The van der Waals surface area contributed by atoms with Gasteiger partial charge in [0.05, 0.1) is 26.9 Å². The first-order valence-corrected chi connectivity index (χ1v) is 10.1. The molecule has 3 aromatic rings. The Morgan fingerprint density at radius 1 is 1.21 bits per heavy atom. The Balaban J connectivity index is 1.39. The van der Waals surface area contributed by atoms with Gasteiger partial charge in [-0.1, -0.05) is 28.4 Å². The summed E-state index contributed by atoms with van der Waals surface area (Å²) < 4.78 is 11.5. The fourth-order valence-electron chi connectivity index (χ4n) is 2.51. The average molecular weight is 498 g/mol. The third-order valence-electron chi connectivity index (χ3n) is 4.10. The first kappa shape index (κ1) is 23.9. The second kappa shape index (κ2) is 10.7. The van der Waals surface area contributed by atoms with Crippen molar-refractivity contribution in [1.29, 1.82) is 0 Å². The third-order valence-corrected chi connectivity index (χ3v) is 4.84. The van der Waals surface area contributed by atoms with Crippen LogP contribution >= 0.6 is 23.2 Å². The van der Waals surface area contributed by atoms with Crippen molar-refractivity contribution in [3.8, 4) is 5.75 Å². The highest BCUT2D eigenvalue weighted by atomic mass is 35.5. The number of hydrogen-bond acceptors (Lipinski definition) is 9. The molecule has 33 heavy (non-hydrogen) atoms. The summed E-state index contributed by atoms with van der Waals surface area (Å²) in [6, 6.07) is 5.92. The van der Waals surface area contributed by atoms with Crippen LogP contribution in [-0.4, -0.2) is 56.4 Å². The number of nitrogens with zero attached hydrogens (tertiary/aromatic N) is 5. The zero-order valence-electron chi connectivity index (χ0n) is 17.1. The summed E-state index contributed by atoms with van der Waals surface area (Å²) in [6.45, 7) is 1.61. The quantitative estimate of drug-likeness (QED) is 0.240. The molecule has 13 nitrogen and oxygen atoms in total. The Kier molecular flexibility index (Phi) is 7.79. The average Bonchev–Trinajstić information content (AvgIpc) is 3.39. The van der Waals surface area contributed by atoms with Crippen LogP contribution < -0.4 is 15.4 Å². The van der Waals surface area contributed by atoms with Gasteiger partial charge in [-0.15, -0.1) is 0 Å². The number of ether oxygens (including phenoxy) is 1. The highest BCUT2D eigenvalue weighted by Crippen LogP contribution is 2.26. The van der Waals surface area contributed by atoms with Crippen molar-refractivity contribution in [2.45, 2.75) is 13.5 Å². The first-order valence-electron chi connectivity index (χ1n) is 9.37. The monoisotopic (exact) mass is 497 g/mol. The largest absolute Gasteiger partial charge is 0.484 e. The normalized spacial score (nSPS) is 10.6. The Labute approximate surface area is 196 Å². The van der Waals surface area contributed by atoms with E-state index in [0.29, 0.717) is 21.5 Å². The van der Waals surface area contributed by atoms with Gasteiger partial charge in [0.25, 0.3) is 5.91 Å². The Morgan fingerprint density at radius 2 is 1.97 bits per heavy atom. The molecule has 2 amide bonds. The zero-order valence-corrected chi connectivity index (χ0v) is 18.6. The molecule has 174 valence electrons. The lowest BCUT2D eigenvalue weighted by Crippen LogP contribution is -2.36. The number of benzene rings is 1. The van der Waals surface area contributed by atoms with Crippen LogP contribution in [0.2, 0.25) is 10.0 Å². The smallest absolute Gasteiger partial charge is 0.390 e. The van der Waals surface area contributed by atoms with Crippen LogP contribution in [0.25, 0.3) is 0 Å². The fraction of sp³-hybridized carbons (Fsp3) is 0.278. The van der Waals surface area contributed by atoms with E-state index in [2.05, 4.69) is 25.9 Å². The van der Waals surface area contributed by atoms with E-state index in [1.165, 1.54) is 16.8 Å². The Morgan fingerprint density at radius 3 is 2.67 bits per heavy atom. The minimum Gasteiger partial charge on any atom is -0.484 e. The molecule has 0 unspecified atom stereocenters. The van der Waals surface area contributed by atoms with Gasteiger partial charge in [-0.2, -0.15) is 9.67 Å². The predicted molar refractivity (Wildman–Crippen MR) is 114 cm³/mol. The molecule has 0 radical (unpaired) electrons. The SMILES string of the molecule is Cc1cc([N+](=O)[O-])nn1Cc1noc(C(=O)NCCNC(=O)COc2ccc(Cl)c(Cl)c2)n1. The summed E-state index contributed by atoms with van der Waals surface area (Å²) in [7, 11) is 0. The van der Waals surface area contributed by atoms with Gasteiger partial charge in [0, 0.05) is 19.2 Å². The lowest BCUT2D eigenvalue weighted by atomic mass is 10.3. The van der Waals surface area contributed by atoms with Crippen LogP contribution in [0.3, 0.4) is 0 Å². The highest BCUT2D eigenvalue weighted by molar-refractivity contribution is 6.42. The molecule has 2 aromatic heterocycles. The molecule has 0 fully saturated rings. The topological polar surface area (TPSA) is 167 Å². The summed E-state index contributed by atoms with van der Waals surface area (Å²) in [5.41, 5.74) is 0.524. The van der Waals surface area contributed by atoms with Crippen molar-refractivity contribution in [3.05, 3.63) is 61.8 Å². The maximum atomic E-state index is 12.1. The van der Waals surface area contributed by atoms with Crippen LogP contribution in [0.15, 0.2) is 28.8 Å². The van der Waals surface area contributed by atoms with E-state index in [1.807, 2.05) is 0 Å². The van der Waals surface area contributed by atoms with Crippen molar-refractivity contribution in [3.63, 3.8) is 0 Å². The van der Waals surface area contributed by atoms with Gasteiger partial charge in [-0.25, -0.2) is 0 Å². The molecule has 0 saturated heterocycles. The molecule has 3 rings (SSSR count). The van der Waals surface area contributed by atoms with Crippen LogP contribution in [0.1, 0.15) is 22.2 Å². The van der Waals surface area contributed by atoms with Crippen LogP contribution in [-0.2, 0) is 11.3 Å². The molecule has 0 aliphatic carbocycles. The van der Waals surface area contributed by atoms with Crippen molar-refractivity contribution in [2.75, 3.05) is 19.7 Å². The van der Waals surface area contributed by atoms with Gasteiger partial charge in [0.1, 0.15) is 12.3 Å². The maximum Gasteiger partial charge on any atom is 0.390 e. The van der Waals surface area contributed by atoms with Gasteiger partial charge >= 0.3 is 17.6 Å². The summed E-state index contributed by atoms with van der Waals surface area (Å²) in [5, 5.41) is 24.0. The number of halogens is 2. The molecular formula is C18H17Cl2N7O6. The summed E-state index contributed by atoms with van der Waals surface area (Å²) in [6.07, 6.45) is 0. The molecule has 2 heterocycles. The van der Waals surface area contributed by atoms with Crippen molar-refractivity contribution >= 4 is 40.8 Å². The minimum absolute atomic E-state index is 0.00859. The molecule has 0 aliphatic heterocycles. The molecule has 0 bridgehead atoms. The molecule has 0 saturated carbocycles. The van der Waals surface area contributed by atoms with E-state index in [9.17, 15) is 19.7 Å². The lowest BCUT2D eigenvalue weighted by Gasteiger charge is -2.08. The number of aryl methyl sites for hydroxylation is 1. The summed E-state index contributed by atoms with van der Waals surface area (Å²) >= 11 is 11.7. The van der Waals surface area contributed by atoms with Gasteiger partial charge in [0.2, 0.25) is 0 Å². The van der Waals surface area contributed by atoms with Crippen LogP contribution in [0.4, 0.5) is 5.82 Å². The van der Waals surface area contributed by atoms with E-state index in [-0.39, 0.29) is 43.8 Å². The Hall–Kier alpha value is -3.71.